The Hall–Kier alpha value is -0.100. The molecular formula is C11H8BrI2NO4. The maximum Gasteiger partial charge on any atom is 0.323 e. The molecule has 0 unspecified atom stereocenters. The van der Waals surface area contributed by atoms with E-state index >= 15 is 0 Å². The predicted molar refractivity (Wildman–Crippen MR) is 90.4 cm³/mol. The number of alkyl halides is 2. The van der Waals surface area contributed by atoms with Gasteiger partial charge < -0.3 is 9.84 Å². The van der Waals surface area contributed by atoms with E-state index in [1.807, 2.05) is 51.2 Å². The maximum absolute atomic E-state index is 12.4. The average molecular weight is 552 g/mol. The first-order chi connectivity index (χ1) is 8.78. The van der Waals surface area contributed by atoms with Gasteiger partial charge in [-0.2, -0.15) is 0 Å². The zero-order valence-electron chi connectivity index (χ0n) is 9.61. The molecule has 5 nitrogen and oxygen atoms in total. The number of aliphatic carboxylic acids is 1. The SMILES string of the molecule is COc1cc(Br)cc2c1N(CC(=O)O)C(=O)C2(I)I. The summed E-state index contributed by atoms with van der Waals surface area (Å²) >= 11 is 7.41. The summed E-state index contributed by atoms with van der Waals surface area (Å²) in [7, 11) is 1.49. The molecule has 1 aromatic carbocycles. The number of carboxylic acid groups (broad SMARTS) is 1. The second-order valence-electron chi connectivity index (χ2n) is 3.86. The number of nitrogens with zero attached hydrogens (tertiary/aromatic N) is 1. The highest BCUT2D eigenvalue weighted by Gasteiger charge is 2.49. The number of methoxy groups -OCH3 is 1. The van der Waals surface area contributed by atoms with Crippen LogP contribution >= 0.6 is 61.1 Å². The minimum atomic E-state index is -1.06. The monoisotopic (exact) mass is 551 g/mol. The molecular weight excluding hydrogens is 544 g/mol. The summed E-state index contributed by atoms with van der Waals surface area (Å²) in [6.45, 7) is -0.377. The van der Waals surface area contributed by atoms with Crippen molar-refractivity contribution < 1.29 is 19.4 Å². The quantitative estimate of drug-likeness (QED) is 0.464. The summed E-state index contributed by atoms with van der Waals surface area (Å²) in [5, 5.41) is 8.96. The smallest absolute Gasteiger partial charge is 0.323 e. The van der Waals surface area contributed by atoms with Crippen LogP contribution in [0.15, 0.2) is 16.6 Å². The molecule has 0 saturated heterocycles. The lowest BCUT2D eigenvalue weighted by Crippen LogP contribution is -2.36. The number of ether oxygens (including phenoxy) is 1. The molecule has 0 atom stereocenters. The molecule has 0 spiro atoms. The van der Waals surface area contributed by atoms with Crippen molar-refractivity contribution >= 4 is 78.7 Å². The highest BCUT2D eigenvalue weighted by molar-refractivity contribution is 14.2. The fourth-order valence-corrected chi connectivity index (χ4v) is 3.76. The van der Waals surface area contributed by atoms with E-state index in [-0.39, 0.29) is 12.5 Å². The van der Waals surface area contributed by atoms with E-state index in [9.17, 15) is 9.59 Å². The van der Waals surface area contributed by atoms with Gasteiger partial charge in [-0.15, -0.1) is 0 Å². The summed E-state index contributed by atoms with van der Waals surface area (Å²) in [5.41, 5.74) is 1.27. The number of carbonyl (C=O) groups excluding carboxylic acids is 1. The zero-order chi connectivity index (χ0) is 14.4. The first kappa shape index (κ1) is 15.3. The van der Waals surface area contributed by atoms with Crippen molar-refractivity contribution in [3.8, 4) is 5.75 Å². The van der Waals surface area contributed by atoms with Crippen LogP contribution in [0.2, 0.25) is 0 Å². The molecule has 1 aliphatic rings. The van der Waals surface area contributed by atoms with Gasteiger partial charge in [-0.05, 0) is 12.1 Å². The van der Waals surface area contributed by atoms with Crippen molar-refractivity contribution in [3.05, 3.63) is 22.2 Å². The zero-order valence-corrected chi connectivity index (χ0v) is 15.5. The molecule has 19 heavy (non-hydrogen) atoms. The van der Waals surface area contributed by atoms with E-state index in [0.717, 1.165) is 10.0 Å². The van der Waals surface area contributed by atoms with Crippen molar-refractivity contribution in [1.82, 2.24) is 0 Å². The molecule has 1 aliphatic heterocycles. The van der Waals surface area contributed by atoms with Crippen LogP contribution in [0.1, 0.15) is 5.56 Å². The Morgan fingerprint density at radius 1 is 1.53 bits per heavy atom. The first-order valence-electron chi connectivity index (χ1n) is 5.08. The Kier molecular flexibility index (Phi) is 4.31. The standard InChI is InChI=1S/C11H8BrI2NO4/c1-19-7-3-5(12)2-6-9(7)15(4-8(16)17)10(18)11(6,13)14/h2-3H,4H2,1H3,(H,16,17). The number of anilines is 1. The molecule has 0 fully saturated rings. The van der Waals surface area contributed by atoms with E-state index in [1.165, 1.54) is 12.0 Å². The minimum Gasteiger partial charge on any atom is -0.495 e. The van der Waals surface area contributed by atoms with Gasteiger partial charge in [0.25, 0.3) is 5.91 Å². The number of hydrogen-bond acceptors (Lipinski definition) is 3. The van der Waals surface area contributed by atoms with Crippen LogP contribution in [0.4, 0.5) is 5.69 Å². The first-order valence-corrected chi connectivity index (χ1v) is 8.03. The Balaban J connectivity index is 2.67. The third-order valence-electron chi connectivity index (χ3n) is 2.67. The molecule has 0 radical (unpaired) electrons. The molecule has 0 aromatic heterocycles. The number of carbonyl (C=O) groups is 2. The number of fused-ring (bicyclic) bond motifs is 1. The predicted octanol–water partition coefficient (Wildman–Crippen LogP) is 2.91. The van der Waals surface area contributed by atoms with E-state index in [0.29, 0.717) is 11.4 Å². The van der Waals surface area contributed by atoms with Crippen molar-refractivity contribution in [1.29, 1.82) is 0 Å². The number of rotatable bonds is 3. The van der Waals surface area contributed by atoms with Crippen LogP contribution in [-0.4, -0.2) is 30.6 Å². The fraction of sp³-hybridized carbons (Fsp3) is 0.273. The Bertz CT molecular complexity index is 576. The number of halogens is 3. The second-order valence-corrected chi connectivity index (χ2v) is 10.1. The summed E-state index contributed by atoms with van der Waals surface area (Å²) in [5.74, 6) is -0.841. The van der Waals surface area contributed by atoms with E-state index in [2.05, 4.69) is 15.9 Å². The number of carboxylic acids is 1. The molecule has 1 N–H and O–H groups in total. The molecule has 1 aromatic rings. The average Bonchev–Trinajstić information content (AvgIpc) is 2.50. The number of hydrogen-bond donors (Lipinski definition) is 1. The summed E-state index contributed by atoms with van der Waals surface area (Å²) < 4.78 is 5.23. The maximum atomic E-state index is 12.4. The van der Waals surface area contributed by atoms with Gasteiger partial charge >= 0.3 is 5.97 Å². The van der Waals surface area contributed by atoms with Gasteiger partial charge in [-0.3, -0.25) is 14.5 Å². The third kappa shape index (κ3) is 2.58. The molecule has 1 heterocycles. The van der Waals surface area contributed by atoms with Gasteiger partial charge in [0.1, 0.15) is 12.3 Å². The van der Waals surface area contributed by atoms with Gasteiger partial charge in [0.05, 0.1) is 12.8 Å². The molecule has 0 aliphatic carbocycles. The van der Waals surface area contributed by atoms with E-state index in [1.54, 1.807) is 6.07 Å². The van der Waals surface area contributed by atoms with Gasteiger partial charge in [-0.25, -0.2) is 0 Å². The van der Waals surface area contributed by atoms with Crippen LogP contribution in [0.5, 0.6) is 5.75 Å². The van der Waals surface area contributed by atoms with E-state index < -0.39 is 7.40 Å². The number of amides is 1. The molecule has 0 saturated carbocycles. The lowest BCUT2D eigenvalue weighted by atomic mass is 10.1. The van der Waals surface area contributed by atoms with Crippen LogP contribution in [0, 0.1) is 0 Å². The van der Waals surface area contributed by atoms with Crippen LogP contribution < -0.4 is 9.64 Å². The molecule has 102 valence electrons. The van der Waals surface area contributed by atoms with Crippen molar-refractivity contribution in [3.63, 3.8) is 0 Å². The Morgan fingerprint density at radius 3 is 2.68 bits per heavy atom. The molecule has 2 rings (SSSR count). The van der Waals surface area contributed by atoms with Gasteiger partial charge in [-0.1, -0.05) is 61.1 Å². The van der Waals surface area contributed by atoms with Crippen molar-refractivity contribution in [2.75, 3.05) is 18.6 Å². The fourth-order valence-electron chi connectivity index (χ4n) is 1.92. The Labute approximate surface area is 145 Å². The van der Waals surface area contributed by atoms with Crippen LogP contribution in [0.3, 0.4) is 0 Å². The number of benzene rings is 1. The highest BCUT2D eigenvalue weighted by Crippen LogP contribution is 2.55. The summed E-state index contributed by atoms with van der Waals surface area (Å²) in [4.78, 5) is 24.6. The molecule has 8 heteroatoms. The molecule has 1 amide bonds. The summed E-state index contributed by atoms with van der Waals surface area (Å²) in [6, 6.07) is 3.53. The normalized spacial score (nSPS) is 16.4. The lowest BCUT2D eigenvalue weighted by molar-refractivity contribution is -0.136. The molecule has 0 bridgehead atoms. The largest absolute Gasteiger partial charge is 0.495 e. The van der Waals surface area contributed by atoms with Crippen molar-refractivity contribution in [2.24, 2.45) is 0 Å². The van der Waals surface area contributed by atoms with Crippen molar-refractivity contribution in [2.45, 2.75) is 1.43 Å². The van der Waals surface area contributed by atoms with Crippen LogP contribution in [0.25, 0.3) is 0 Å². The van der Waals surface area contributed by atoms with Gasteiger partial charge in [0.2, 0.25) is 0 Å². The third-order valence-corrected chi connectivity index (χ3v) is 5.22. The van der Waals surface area contributed by atoms with E-state index in [4.69, 9.17) is 9.84 Å². The topological polar surface area (TPSA) is 66.8 Å². The minimum absolute atomic E-state index is 0.262. The van der Waals surface area contributed by atoms with Crippen LogP contribution in [-0.2, 0) is 11.0 Å². The lowest BCUT2D eigenvalue weighted by Gasteiger charge is -2.17. The van der Waals surface area contributed by atoms with Gasteiger partial charge in [0.15, 0.2) is 1.43 Å². The summed E-state index contributed by atoms with van der Waals surface area (Å²) in [6.07, 6.45) is 0. The Morgan fingerprint density at radius 2 is 2.16 bits per heavy atom. The second kappa shape index (κ2) is 5.35. The van der Waals surface area contributed by atoms with Gasteiger partial charge in [0, 0.05) is 10.0 Å². The highest BCUT2D eigenvalue weighted by atomic mass is 127.